The molecule has 0 aliphatic rings. The molecule has 0 saturated carbocycles. The molecule has 0 saturated heterocycles. The van der Waals surface area contributed by atoms with E-state index in [0.717, 1.165) is 19.4 Å². The molecule has 0 aromatic carbocycles. The average molecular weight is 248 g/mol. The van der Waals surface area contributed by atoms with Crippen molar-refractivity contribution in [3.8, 4) is 5.88 Å². The van der Waals surface area contributed by atoms with Crippen molar-refractivity contribution in [3.63, 3.8) is 0 Å². The first-order valence-corrected chi connectivity index (χ1v) is 4.79. The summed E-state index contributed by atoms with van der Waals surface area (Å²) in [6.45, 7) is 1.59. The molecular formula is C10H11F3N2O2. The van der Waals surface area contributed by atoms with Crippen LogP contribution in [0.4, 0.5) is 18.9 Å². The Hall–Kier alpha value is -1.79. The highest BCUT2D eigenvalue weighted by Gasteiger charge is 2.35. The molecule has 1 amide bonds. The molecule has 0 spiro atoms. The molecule has 94 valence electrons. The summed E-state index contributed by atoms with van der Waals surface area (Å²) in [7, 11) is 1.10. The minimum absolute atomic E-state index is 0.00928. The molecule has 0 fully saturated rings. The van der Waals surface area contributed by atoms with E-state index in [4.69, 9.17) is 0 Å². The van der Waals surface area contributed by atoms with E-state index in [1.165, 1.54) is 0 Å². The number of anilines is 1. The maximum absolute atomic E-state index is 12.6. The van der Waals surface area contributed by atoms with Gasteiger partial charge >= 0.3 is 6.18 Å². The Labute approximate surface area is 95.8 Å². The van der Waals surface area contributed by atoms with Crippen molar-refractivity contribution >= 4 is 11.6 Å². The molecule has 4 nitrogen and oxygen atoms in total. The Balaban J connectivity index is 3.09. The van der Waals surface area contributed by atoms with E-state index in [0.29, 0.717) is 0 Å². The van der Waals surface area contributed by atoms with Crippen molar-refractivity contribution < 1.29 is 22.7 Å². The fraction of sp³-hybridized carbons (Fsp3) is 0.400. The van der Waals surface area contributed by atoms with Gasteiger partial charge in [-0.25, -0.2) is 4.98 Å². The van der Waals surface area contributed by atoms with Gasteiger partial charge in [0.15, 0.2) is 0 Å². The first-order valence-electron chi connectivity index (χ1n) is 4.79. The molecular weight excluding hydrogens is 237 g/mol. The smallest absolute Gasteiger partial charge is 0.421 e. The maximum atomic E-state index is 12.6. The fourth-order valence-electron chi connectivity index (χ4n) is 1.14. The van der Waals surface area contributed by atoms with Gasteiger partial charge in [0.1, 0.15) is 5.56 Å². The number of rotatable bonds is 3. The summed E-state index contributed by atoms with van der Waals surface area (Å²) in [6, 6.07) is 0.791. The number of methoxy groups -OCH3 is 1. The van der Waals surface area contributed by atoms with Crippen LogP contribution in [0.25, 0.3) is 0 Å². The molecule has 0 aliphatic carbocycles. The van der Waals surface area contributed by atoms with Crippen LogP contribution in [0.3, 0.4) is 0 Å². The summed E-state index contributed by atoms with van der Waals surface area (Å²) in [6.07, 6.45) is -3.29. The van der Waals surface area contributed by atoms with Crippen molar-refractivity contribution in [2.75, 3.05) is 12.4 Å². The average Bonchev–Trinajstić information content (AvgIpc) is 2.27. The van der Waals surface area contributed by atoms with Crippen molar-refractivity contribution in [1.29, 1.82) is 0 Å². The molecule has 0 bridgehead atoms. The summed E-state index contributed by atoms with van der Waals surface area (Å²) in [5.74, 6) is -0.905. The van der Waals surface area contributed by atoms with Crippen LogP contribution < -0.4 is 10.1 Å². The third-order valence-electron chi connectivity index (χ3n) is 1.95. The maximum Gasteiger partial charge on any atom is 0.421 e. The zero-order chi connectivity index (χ0) is 13.1. The lowest BCUT2D eigenvalue weighted by atomic mass is 10.2. The van der Waals surface area contributed by atoms with E-state index < -0.39 is 17.6 Å². The van der Waals surface area contributed by atoms with Gasteiger partial charge in [-0.15, -0.1) is 0 Å². The number of nitrogens with zero attached hydrogens (tertiary/aromatic N) is 1. The van der Waals surface area contributed by atoms with Crippen LogP contribution in [0.5, 0.6) is 5.88 Å². The standard InChI is InChI=1S/C10H11F3N2O2/c1-3-8(16)15-6-4-7(10(11,12)13)9(17-2)14-5-6/h4-5H,3H2,1-2H3,(H,15,16). The van der Waals surface area contributed by atoms with E-state index in [9.17, 15) is 18.0 Å². The van der Waals surface area contributed by atoms with Crippen LogP contribution in [0, 0.1) is 0 Å². The summed E-state index contributed by atoms with van der Waals surface area (Å²) in [5.41, 5.74) is -1.03. The van der Waals surface area contributed by atoms with Crippen LogP contribution in [-0.4, -0.2) is 18.0 Å². The minimum Gasteiger partial charge on any atom is -0.481 e. The number of halogens is 3. The highest BCUT2D eigenvalue weighted by atomic mass is 19.4. The zero-order valence-electron chi connectivity index (χ0n) is 9.26. The van der Waals surface area contributed by atoms with E-state index >= 15 is 0 Å². The molecule has 7 heteroatoms. The van der Waals surface area contributed by atoms with E-state index in [1.807, 2.05) is 0 Å². The molecule has 1 aromatic heterocycles. The van der Waals surface area contributed by atoms with Crippen LogP contribution in [-0.2, 0) is 11.0 Å². The van der Waals surface area contributed by atoms with Crippen molar-refractivity contribution in [2.24, 2.45) is 0 Å². The van der Waals surface area contributed by atoms with Gasteiger partial charge in [0, 0.05) is 6.42 Å². The SMILES string of the molecule is CCC(=O)Nc1cnc(OC)c(C(F)(F)F)c1. The molecule has 0 aliphatic heterocycles. The van der Waals surface area contributed by atoms with Gasteiger partial charge in [0.2, 0.25) is 11.8 Å². The lowest BCUT2D eigenvalue weighted by Gasteiger charge is -2.12. The number of hydrogen-bond donors (Lipinski definition) is 1. The number of aromatic nitrogens is 1. The number of pyridine rings is 1. The Bertz CT molecular complexity index is 419. The van der Waals surface area contributed by atoms with Crippen LogP contribution in [0.1, 0.15) is 18.9 Å². The Morgan fingerprint density at radius 2 is 2.18 bits per heavy atom. The van der Waals surface area contributed by atoms with Crippen LogP contribution >= 0.6 is 0 Å². The summed E-state index contributed by atoms with van der Waals surface area (Å²) in [5, 5.41) is 2.30. The number of carbonyl (C=O) groups is 1. The number of nitrogens with one attached hydrogen (secondary N) is 1. The second-order valence-electron chi connectivity index (χ2n) is 3.18. The van der Waals surface area contributed by atoms with Crippen LogP contribution in [0.2, 0.25) is 0 Å². The molecule has 1 heterocycles. The van der Waals surface area contributed by atoms with Gasteiger partial charge < -0.3 is 10.1 Å². The van der Waals surface area contributed by atoms with Gasteiger partial charge in [-0.3, -0.25) is 4.79 Å². The topological polar surface area (TPSA) is 51.2 Å². The quantitative estimate of drug-likeness (QED) is 0.893. The molecule has 1 rings (SSSR count). The van der Waals surface area contributed by atoms with Gasteiger partial charge in [0.25, 0.3) is 0 Å². The largest absolute Gasteiger partial charge is 0.481 e. The van der Waals surface area contributed by atoms with Gasteiger partial charge in [-0.2, -0.15) is 13.2 Å². The summed E-state index contributed by atoms with van der Waals surface area (Å²) >= 11 is 0. The highest BCUT2D eigenvalue weighted by molar-refractivity contribution is 5.90. The molecule has 0 radical (unpaired) electrons. The molecule has 1 aromatic rings. The van der Waals surface area contributed by atoms with E-state index in [1.54, 1.807) is 6.92 Å². The van der Waals surface area contributed by atoms with E-state index in [2.05, 4.69) is 15.0 Å². The number of alkyl halides is 3. The highest BCUT2D eigenvalue weighted by Crippen LogP contribution is 2.36. The number of carbonyl (C=O) groups excluding carboxylic acids is 1. The normalized spacial score (nSPS) is 11.1. The van der Waals surface area contributed by atoms with Gasteiger partial charge in [-0.05, 0) is 6.07 Å². The van der Waals surface area contributed by atoms with Crippen molar-refractivity contribution in [1.82, 2.24) is 4.98 Å². The Morgan fingerprint density at radius 3 is 2.65 bits per heavy atom. The fourth-order valence-corrected chi connectivity index (χ4v) is 1.14. The summed E-state index contributed by atoms with van der Waals surface area (Å²) in [4.78, 5) is 14.5. The number of hydrogen-bond acceptors (Lipinski definition) is 3. The van der Waals surface area contributed by atoms with Gasteiger partial charge in [-0.1, -0.05) is 6.92 Å². The van der Waals surface area contributed by atoms with Crippen molar-refractivity contribution in [3.05, 3.63) is 17.8 Å². The molecule has 17 heavy (non-hydrogen) atoms. The predicted octanol–water partition coefficient (Wildman–Crippen LogP) is 2.46. The van der Waals surface area contributed by atoms with Crippen molar-refractivity contribution in [2.45, 2.75) is 19.5 Å². The predicted molar refractivity (Wildman–Crippen MR) is 54.7 cm³/mol. The summed E-state index contributed by atoms with van der Waals surface area (Å²) < 4.78 is 42.3. The van der Waals surface area contributed by atoms with E-state index in [-0.39, 0.29) is 18.0 Å². The lowest BCUT2D eigenvalue weighted by Crippen LogP contribution is -2.13. The Morgan fingerprint density at radius 1 is 1.53 bits per heavy atom. The first-order chi connectivity index (χ1) is 7.88. The van der Waals surface area contributed by atoms with Crippen LogP contribution in [0.15, 0.2) is 12.3 Å². The molecule has 1 N–H and O–H groups in total. The second kappa shape index (κ2) is 5.03. The minimum atomic E-state index is -4.58. The van der Waals surface area contributed by atoms with Gasteiger partial charge in [0.05, 0.1) is 19.0 Å². The Kier molecular flexibility index (Phi) is 3.93. The third-order valence-corrected chi connectivity index (χ3v) is 1.95. The third kappa shape index (κ3) is 3.33. The number of amides is 1. The molecule has 0 atom stereocenters. The first kappa shape index (κ1) is 13.3. The monoisotopic (exact) mass is 248 g/mol. The number of ether oxygens (including phenoxy) is 1. The lowest BCUT2D eigenvalue weighted by molar-refractivity contribution is -0.139. The zero-order valence-corrected chi connectivity index (χ0v) is 9.26. The second-order valence-corrected chi connectivity index (χ2v) is 3.18. The molecule has 0 unspecified atom stereocenters.